The molecule has 2 N–H and O–H groups in total. The van der Waals surface area contributed by atoms with Gasteiger partial charge in [-0.25, -0.2) is 0 Å². The highest BCUT2D eigenvalue weighted by Gasteiger charge is 2.07. The Labute approximate surface area is 94.7 Å². The summed E-state index contributed by atoms with van der Waals surface area (Å²) >= 11 is 0. The maximum Gasteiger partial charge on any atom is 0.220 e. The molecule has 0 aliphatic rings. The van der Waals surface area contributed by atoms with Crippen LogP contribution in [0, 0.1) is 0 Å². The molecule has 0 bridgehead atoms. The summed E-state index contributed by atoms with van der Waals surface area (Å²) in [6.45, 7) is 2.81. The number of rotatable bonds is 8. The van der Waals surface area contributed by atoms with Crippen molar-refractivity contribution < 1.29 is 9.00 Å². The van der Waals surface area contributed by atoms with Crippen LogP contribution >= 0.6 is 0 Å². The van der Waals surface area contributed by atoms with Crippen LogP contribution in [-0.2, 0) is 15.6 Å². The first kappa shape index (κ1) is 14.6. The Morgan fingerprint density at radius 2 is 2.13 bits per heavy atom. The van der Waals surface area contributed by atoms with Crippen LogP contribution < -0.4 is 10.6 Å². The first-order chi connectivity index (χ1) is 7.06. The lowest BCUT2D eigenvalue weighted by atomic mass is 10.2. The SMILES string of the molecule is CNCCCC(=O)NC(C)CCS(C)=O. The van der Waals surface area contributed by atoms with Crippen LogP contribution in [0.4, 0.5) is 0 Å². The molecular weight excluding hydrogens is 212 g/mol. The van der Waals surface area contributed by atoms with Gasteiger partial charge in [0.1, 0.15) is 0 Å². The Kier molecular flexibility index (Phi) is 8.61. The second kappa shape index (κ2) is 8.85. The van der Waals surface area contributed by atoms with Crippen molar-refractivity contribution in [3.63, 3.8) is 0 Å². The summed E-state index contributed by atoms with van der Waals surface area (Å²) in [4.78, 5) is 11.4. The molecule has 0 aliphatic carbocycles. The fourth-order valence-corrected chi connectivity index (χ4v) is 1.87. The molecule has 0 saturated heterocycles. The zero-order valence-corrected chi connectivity index (χ0v) is 10.7. The summed E-state index contributed by atoms with van der Waals surface area (Å²) in [5.41, 5.74) is 0. The number of hydrogen-bond donors (Lipinski definition) is 2. The molecule has 2 unspecified atom stereocenters. The van der Waals surface area contributed by atoms with E-state index in [1.807, 2.05) is 14.0 Å². The Morgan fingerprint density at radius 3 is 2.67 bits per heavy atom. The third-order valence-corrected chi connectivity index (χ3v) is 2.89. The quantitative estimate of drug-likeness (QED) is 0.592. The predicted molar refractivity (Wildman–Crippen MR) is 64.3 cm³/mol. The van der Waals surface area contributed by atoms with Gasteiger partial charge in [0.2, 0.25) is 5.91 Å². The number of amides is 1. The van der Waals surface area contributed by atoms with Crippen LogP contribution in [0.2, 0.25) is 0 Å². The van der Waals surface area contributed by atoms with E-state index in [0.29, 0.717) is 12.2 Å². The lowest BCUT2D eigenvalue weighted by molar-refractivity contribution is -0.121. The van der Waals surface area contributed by atoms with Gasteiger partial charge in [0, 0.05) is 35.3 Å². The molecule has 0 spiro atoms. The maximum atomic E-state index is 11.4. The summed E-state index contributed by atoms with van der Waals surface area (Å²) in [5, 5.41) is 5.89. The monoisotopic (exact) mass is 234 g/mol. The van der Waals surface area contributed by atoms with Gasteiger partial charge >= 0.3 is 0 Å². The molecule has 0 saturated carbocycles. The van der Waals surface area contributed by atoms with Gasteiger partial charge in [-0.05, 0) is 33.4 Å². The lowest BCUT2D eigenvalue weighted by Crippen LogP contribution is -2.33. The summed E-state index contributed by atoms with van der Waals surface area (Å²) in [6, 6.07) is 0.121. The van der Waals surface area contributed by atoms with Crippen LogP contribution in [0.1, 0.15) is 26.2 Å². The van der Waals surface area contributed by atoms with E-state index in [0.717, 1.165) is 19.4 Å². The predicted octanol–water partition coefficient (Wildman–Crippen LogP) is 0.259. The number of carbonyl (C=O) groups is 1. The number of carbonyl (C=O) groups excluding carboxylic acids is 1. The van der Waals surface area contributed by atoms with Crippen molar-refractivity contribution in [3.05, 3.63) is 0 Å². The van der Waals surface area contributed by atoms with E-state index < -0.39 is 10.8 Å². The van der Waals surface area contributed by atoms with Gasteiger partial charge in [-0.2, -0.15) is 0 Å². The zero-order chi connectivity index (χ0) is 11.7. The maximum absolute atomic E-state index is 11.4. The van der Waals surface area contributed by atoms with Gasteiger partial charge < -0.3 is 10.6 Å². The molecule has 0 rings (SSSR count). The standard InChI is InChI=1S/C10H22N2O2S/c1-9(6-8-15(3)14)12-10(13)5-4-7-11-2/h9,11H,4-8H2,1-3H3,(H,12,13). The first-order valence-corrected chi connectivity index (χ1v) is 7.03. The molecule has 4 nitrogen and oxygen atoms in total. The highest BCUT2D eigenvalue weighted by Crippen LogP contribution is 1.95. The molecule has 15 heavy (non-hydrogen) atoms. The van der Waals surface area contributed by atoms with Crippen molar-refractivity contribution in [2.45, 2.75) is 32.2 Å². The lowest BCUT2D eigenvalue weighted by Gasteiger charge is -2.12. The molecule has 0 aromatic rings. The average molecular weight is 234 g/mol. The van der Waals surface area contributed by atoms with Gasteiger partial charge in [-0.15, -0.1) is 0 Å². The smallest absolute Gasteiger partial charge is 0.220 e. The van der Waals surface area contributed by atoms with Crippen molar-refractivity contribution in [1.82, 2.24) is 10.6 Å². The molecule has 5 heteroatoms. The molecule has 0 aromatic heterocycles. The van der Waals surface area contributed by atoms with E-state index in [2.05, 4.69) is 10.6 Å². The summed E-state index contributed by atoms with van der Waals surface area (Å²) < 4.78 is 10.8. The zero-order valence-electron chi connectivity index (χ0n) is 9.84. The molecule has 0 aliphatic heterocycles. The van der Waals surface area contributed by atoms with E-state index >= 15 is 0 Å². The second-order valence-corrected chi connectivity index (χ2v) is 5.30. The fraction of sp³-hybridized carbons (Fsp3) is 0.900. The third-order valence-electron chi connectivity index (χ3n) is 2.08. The molecule has 0 aromatic carbocycles. The van der Waals surface area contributed by atoms with Crippen LogP contribution in [-0.4, -0.2) is 41.8 Å². The Bertz CT molecular complexity index is 210. The van der Waals surface area contributed by atoms with E-state index in [1.165, 1.54) is 0 Å². The number of hydrogen-bond acceptors (Lipinski definition) is 3. The van der Waals surface area contributed by atoms with Crippen LogP contribution in [0.25, 0.3) is 0 Å². The van der Waals surface area contributed by atoms with E-state index in [9.17, 15) is 9.00 Å². The van der Waals surface area contributed by atoms with E-state index in [-0.39, 0.29) is 11.9 Å². The van der Waals surface area contributed by atoms with Gasteiger partial charge in [-0.1, -0.05) is 0 Å². The Hall–Kier alpha value is -0.420. The van der Waals surface area contributed by atoms with Gasteiger partial charge in [0.25, 0.3) is 0 Å². The van der Waals surface area contributed by atoms with Crippen molar-refractivity contribution in [2.75, 3.05) is 25.6 Å². The molecule has 90 valence electrons. The van der Waals surface area contributed by atoms with Gasteiger partial charge in [0.05, 0.1) is 0 Å². The summed E-state index contributed by atoms with van der Waals surface area (Å²) in [6.07, 6.45) is 3.87. The molecule has 0 fully saturated rings. The largest absolute Gasteiger partial charge is 0.354 e. The fourth-order valence-electron chi connectivity index (χ4n) is 1.19. The van der Waals surface area contributed by atoms with Crippen LogP contribution in [0.15, 0.2) is 0 Å². The van der Waals surface area contributed by atoms with Crippen LogP contribution in [0.5, 0.6) is 0 Å². The topological polar surface area (TPSA) is 58.2 Å². The van der Waals surface area contributed by atoms with E-state index in [4.69, 9.17) is 0 Å². The molecular formula is C10H22N2O2S. The van der Waals surface area contributed by atoms with Crippen molar-refractivity contribution in [1.29, 1.82) is 0 Å². The van der Waals surface area contributed by atoms with Crippen molar-refractivity contribution in [2.24, 2.45) is 0 Å². The second-order valence-electron chi connectivity index (χ2n) is 3.74. The van der Waals surface area contributed by atoms with Gasteiger partial charge in [0.15, 0.2) is 0 Å². The molecule has 1 amide bonds. The minimum Gasteiger partial charge on any atom is -0.354 e. The summed E-state index contributed by atoms with van der Waals surface area (Å²) in [5.74, 6) is 0.734. The minimum absolute atomic E-state index is 0.0830. The highest BCUT2D eigenvalue weighted by atomic mass is 32.2. The van der Waals surface area contributed by atoms with Crippen molar-refractivity contribution in [3.8, 4) is 0 Å². The third kappa shape index (κ3) is 9.87. The minimum atomic E-state index is -0.769. The number of nitrogens with one attached hydrogen (secondary N) is 2. The first-order valence-electron chi connectivity index (χ1n) is 5.30. The average Bonchev–Trinajstić information content (AvgIpc) is 2.15. The molecule has 0 heterocycles. The summed E-state index contributed by atoms with van der Waals surface area (Å²) in [7, 11) is 1.10. The van der Waals surface area contributed by atoms with Crippen LogP contribution in [0.3, 0.4) is 0 Å². The molecule has 0 radical (unpaired) electrons. The van der Waals surface area contributed by atoms with E-state index in [1.54, 1.807) is 6.26 Å². The molecule has 2 atom stereocenters. The van der Waals surface area contributed by atoms with Crippen molar-refractivity contribution >= 4 is 16.7 Å². The normalized spacial score (nSPS) is 14.6. The Balaban J connectivity index is 3.53. The highest BCUT2D eigenvalue weighted by molar-refractivity contribution is 7.84. The Morgan fingerprint density at radius 1 is 1.47 bits per heavy atom. The van der Waals surface area contributed by atoms with Gasteiger partial charge in [-0.3, -0.25) is 9.00 Å².